The standard InChI is InChI=1S/C13H9NS/c1-2-4-10(5-3-1)11-6-8-14-12-7-9-15-13(11)12/h1-9H. The second-order valence-electron chi connectivity index (χ2n) is 3.36. The Morgan fingerprint density at radius 1 is 0.933 bits per heavy atom. The normalized spacial score (nSPS) is 10.7. The van der Waals surface area contributed by atoms with Crippen LogP contribution in [0.5, 0.6) is 0 Å². The van der Waals surface area contributed by atoms with E-state index < -0.39 is 0 Å². The summed E-state index contributed by atoms with van der Waals surface area (Å²) in [4.78, 5) is 4.34. The molecule has 3 rings (SSSR count). The topological polar surface area (TPSA) is 12.9 Å². The van der Waals surface area contributed by atoms with Gasteiger partial charge in [-0.15, -0.1) is 11.3 Å². The molecule has 1 aromatic carbocycles. The van der Waals surface area contributed by atoms with Crippen LogP contribution in [-0.2, 0) is 0 Å². The number of thiophene rings is 1. The molecule has 0 fully saturated rings. The van der Waals surface area contributed by atoms with E-state index in [0.717, 1.165) is 5.52 Å². The summed E-state index contributed by atoms with van der Waals surface area (Å²) in [7, 11) is 0. The molecular formula is C13H9NS. The summed E-state index contributed by atoms with van der Waals surface area (Å²) in [5, 5.41) is 2.09. The third-order valence-corrected chi connectivity index (χ3v) is 3.37. The van der Waals surface area contributed by atoms with Gasteiger partial charge in [0, 0.05) is 11.8 Å². The second-order valence-corrected chi connectivity index (χ2v) is 4.28. The first-order valence-corrected chi connectivity index (χ1v) is 5.71. The minimum atomic E-state index is 1.08. The molecule has 0 saturated heterocycles. The molecule has 2 heterocycles. The number of pyridine rings is 1. The number of aromatic nitrogens is 1. The van der Waals surface area contributed by atoms with Crippen LogP contribution in [0, 0.1) is 0 Å². The van der Waals surface area contributed by atoms with Gasteiger partial charge >= 0.3 is 0 Å². The van der Waals surface area contributed by atoms with Crippen molar-refractivity contribution < 1.29 is 0 Å². The van der Waals surface area contributed by atoms with Crippen molar-refractivity contribution in [1.29, 1.82) is 0 Å². The van der Waals surface area contributed by atoms with Crippen LogP contribution in [0.2, 0.25) is 0 Å². The van der Waals surface area contributed by atoms with Crippen LogP contribution < -0.4 is 0 Å². The highest BCUT2D eigenvalue weighted by molar-refractivity contribution is 7.17. The lowest BCUT2D eigenvalue weighted by Crippen LogP contribution is -1.79. The van der Waals surface area contributed by atoms with E-state index in [1.54, 1.807) is 11.3 Å². The van der Waals surface area contributed by atoms with Gasteiger partial charge in [-0.3, -0.25) is 4.98 Å². The van der Waals surface area contributed by atoms with Crippen molar-refractivity contribution in [3.8, 4) is 11.1 Å². The molecule has 0 N–H and O–H groups in total. The Morgan fingerprint density at radius 2 is 1.80 bits per heavy atom. The van der Waals surface area contributed by atoms with E-state index in [1.165, 1.54) is 15.8 Å². The maximum atomic E-state index is 4.34. The first-order valence-electron chi connectivity index (χ1n) is 4.83. The Hall–Kier alpha value is -1.67. The predicted molar refractivity (Wildman–Crippen MR) is 65.1 cm³/mol. The third-order valence-electron chi connectivity index (χ3n) is 2.43. The minimum Gasteiger partial charge on any atom is -0.255 e. The van der Waals surface area contributed by atoms with Crippen molar-refractivity contribution in [3.05, 3.63) is 54.0 Å². The Bertz CT molecular complexity index is 584. The third kappa shape index (κ3) is 1.43. The predicted octanol–water partition coefficient (Wildman–Crippen LogP) is 3.96. The highest BCUT2D eigenvalue weighted by Crippen LogP contribution is 2.30. The molecule has 0 bridgehead atoms. The zero-order valence-electron chi connectivity index (χ0n) is 8.05. The van der Waals surface area contributed by atoms with Crippen LogP contribution >= 0.6 is 11.3 Å². The molecule has 1 nitrogen and oxygen atoms in total. The number of nitrogens with zero attached hydrogens (tertiary/aromatic N) is 1. The summed E-state index contributed by atoms with van der Waals surface area (Å²) in [6.07, 6.45) is 1.87. The Balaban J connectivity index is 2.31. The van der Waals surface area contributed by atoms with E-state index in [4.69, 9.17) is 0 Å². The largest absolute Gasteiger partial charge is 0.255 e. The molecule has 2 aromatic heterocycles. The first kappa shape index (κ1) is 8.62. The molecule has 0 atom stereocenters. The summed E-state index contributed by atoms with van der Waals surface area (Å²) < 4.78 is 1.27. The van der Waals surface area contributed by atoms with Crippen LogP contribution in [-0.4, -0.2) is 4.98 Å². The molecule has 2 heteroatoms. The van der Waals surface area contributed by atoms with E-state index >= 15 is 0 Å². The van der Waals surface area contributed by atoms with Crippen molar-refractivity contribution in [3.63, 3.8) is 0 Å². The van der Waals surface area contributed by atoms with Crippen molar-refractivity contribution >= 4 is 21.6 Å². The van der Waals surface area contributed by atoms with Gasteiger partial charge in [-0.25, -0.2) is 0 Å². The maximum absolute atomic E-state index is 4.34. The maximum Gasteiger partial charge on any atom is 0.0815 e. The molecule has 3 aromatic rings. The van der Waals surface area contributed by atoms with E-state index in [2.05, 4.69) is 46.8 Å². The lowest BCUT2D eigenvalue weighted by molar-refractivity contribution is 1.43. The van der Waals surface area contributed by atoms with Gasteiger partial charge in [0.1, 0.15) is 0 Å². The summed E-state index contributed by atoms with van der Waals surface area (Å²) in [5.41, 5.74) is 3.62. The summed E-state index contributed by atoms with van der Waals surface area (Å²) in [5.74, 6) is 0. The van der Waals surface area contributed by atoms with Gasteiger partial charge in [-0.05, 0) is 23.1 Å². The van der Waals surface area contributed by atoms with Crippen molar-refractivity contribution in [2.45, 2.75) is 0 Å². The number of benzene rings is 1. The second kappa shape index (κ2) is 3.48. The van der Waals surface area contributed by atoms with E-state index in [1.807, 2.05) is 12.3 Å². The zero-order valence-corrected chi connectivity index (χ0v) is 8.87. The summed E-state index contributed by atoms with van der Waals surface area (Å²) in [6, 6.07) is 14.6. The molecule has 0 aliphatic carbocycles. The van der Waals surface area contributed by atoms with Crippen molar-refractivity contribution in [1.82, 2.24) is 4.98 Å². The summed E-state index contributed by atoms with van der Waals surface area (Å²) >= 11 is 1.75. The van der Waals surface area contributed by atoms with Gasteiger partial charge in [-0.1, -0.05) is 30.3 Å². The van der Waals surface area contributed by atoms with E-state index in [-0.39, 0.29) is 0 Å². The lowest BCUT2D eigenvalue weighted by atomic mass is 10.1. The molecule has 0 aliphatic heterocycles. The molecule has 0 spiro atoms. The molecule has 0 saturated carbocycles. The average molecular weight is 211 g/mol. The number of fused-ring (bicyclic) bond motifs is 1. The van der Waals surface area contributed by atoms with Gasteiger partial charge in [0.15, 0.2) is 0 Å². The number of hydrogen-bond donors (Lipinski definition) is 0. The fourth-order valence-electron chi connectivity index (χ4n) is 1.72. The van der Waals surface area contributed by atoms with Crippen LogP contribution in [0.25, 0.3) is 21.3 Å². The van der Waals surface area contributed by atoms with Crippen LogP contribution in [0.4, 0.5) is 0 Å². The minimum absolute atomic E-state index is 1.08. The van der Waals surface area contributed by atoms with Crippen LogP contribution in [0.1, 0.15) is 0 Å². The smallest absolute Gasteiger partial charge is 0.0815 e. The van der Waals surface area contributed by atoms with E-state index in [0.29, 0.717) is 0 Å². The number of hydrogen-bond acceptors (Lipinski definition) is 2. The molecule has 0 unspecified atom stereocenters. The molecule has 72 valence electrons. The van der Waals surface area contributed by atoms with Gasteiger partial charge < -0.3 is 0 Å². The fraction of sp³-hybridized carbons (Fsp3) is 0. The van der Waals surface area contributed by atoms with Gasteiger partial charge in [0.05, 0.1) is 10.2 Å². The SMILES string of the molecule is c1ccc(-c2ccnc3ccsc23)cc1. The zero-order chi connectivity index (χ0) is 10.1. The Kier molecular flexibility index (Phi) is 2.00. The average Bonchev–Trinajstić information content (AvgIpc) is 2.78. The van der Waals surface area contributed by atoms with Gasteiger partial charge in [-0.2, -0.15) is 0 Å². The quantitative estimate of drug-likeness (QED) is 0.593. The molecular weight excluding hydrogens is 202 g/mol. The van der Waals surface area contributed by atoms with Crippen LogP contribution in [0.3, 0.4) is 0 Å². The summed E-state index contributed by atoms with van der Waals surface area (Å²) in [6.45, 7) is 0. The molecule has 0 amide bonds. The lowest BCUT2D eigenvalue weighted by Gasteiger charge is -2.01. The van der Waals surface area contributed by atoms with Crippen molar-refractivity contribution in [2.75, 3.05) is 0 Å². The highest BCUT2D eigenvalue weighted by Gasteiger charge is 2.04. The monoisotopic (exact) mass is 211 g/mol. The first-order chi connectivity index (χ1) is 7.45. The van der Waals surface area contributed by atoms with E-state index in [9.17, 15) is 0 Å². The highest BCUT2D eigenvalue weighted by atomic mass is 32.1. The number of rotatable bonds is 1. The Labute approximate surface area is 92.0 Å². The molecule has 0 radical (unpaired) electrons. The van der Waals surface area contributed by atoms with Gasteiger partial charge in [0.25, 0.3) is 0 Å². The fourth-order valence-corrected chi connectivity index (χ4v) is 2.61. The van der Waals surface area contributed by atoms with Crippen molar-refractivity contribution in [2.24, 2.45) is 0 Å². The molecule has 15 heavy (non-hydrogen) atoms. The Morgan fingerprint density at radius 3 is 2.67 bits per heavy atom. The van der Waals surface area contributed by atoms with Crippen LogP contribution in [0.15, 0.2) is 54.0 Å². The van der Waals surface area contributed by atoms with Gasteiger partial charge in [0.2, 0.25) is 0 Å². The molecule has 0 aliphatic rings.